The van der Waals surface area contributed by atoms with Gasteiger partial charge in [0, 0.05) is 26.2 Å². The fourth-order valence-corrected chi connectivity index (χ4v) is 4.08. The van der Waals surface area contributed by atoms with Gasteiger partial charge in [-0.05, 0) is 42.3 Å². The summed E-state index contributed by atoms with van der Waals surface area (Å²) in [5.74, 6) is 0.606. The molecular formula is C24H27FN4O2. The molecule has 1 aliphatic rings. The summed E-state index contributed by atoms with van der Waals surface area (Å²) in [6.45, 7) is 6.78. The second kappa shape index (κ2) is 8.79. The second-order valence-corrected chi connectivity index (χ2v) is 7.94. The van der Waals surface area contributed by atoms with E-state index in [9.17, 15) is 9.18 Å². The molecule has 4 rings (SSSR count). The minimum atomic E-state index is -0.300. The Bertz CT molecular complexity index is 1050. The van der Waals surface area contributed by atoms with E-state index in [0.717, 1.165) is 35.9 Å². The highest BCUT2D eigenvalue weighted by Gasteiger charge is 2.28. The fourth-order valence-electron chi connectivity index (χ4n) is 4.08. The number of carbonyl (C=O) groups excluding carboxylic acids is 1. The third kappa shape index (κ3) is 4.13. The first-order chi connectivity index (χ1) is 15.0. The van der Waals surface area contributed by atoms with Crippen molar-refractivity contribution in [2.24, 2.45) is 0 Å². The predicted octanol–water partition coefficient (Wildman–Crippen LogP) is 4.11. The summed E-state index contributed by atoms with van der Waals surface area (Å²) in [7, 11) is 1.67. The minimum Gasteiger partial charge on any atom is -0.495 e. The van der Waals surface area contributed by atoms with E-state index in [1.165, 1.54) is 12.1 Å². The van der Waals surface area contributed by atoms with Crippen molar-refractivity contribution >= 4 is 11.6 Å². The van der Waals surface area contributed by atoms with E-state index in [2.05, 4.69) is 10.00 Å². The van der Waals surface area contributed by atoms with Gasteiger partial charge < -0.3 is 14.5 Å². The van der Waals surface area contributed by atoms with Gasteiger partial charge >= 0.3 is 0 Å². The van der Waals surface area contributed by atoms with Crippen LogP contribution in [0, 0.1) is 5.82 Å². The number of hydrogen-bond acceptors (Lipinski definition) is 4. The summed E-state index contributed by atoms with van der Waals surface area (Å²) in [6.07, 6.45) is 1.63. The van der Waals surface area contributed by atoms with Crippen LogP contribution in [0.25, 0.3) is 5.69 Å². The van der Waals surface area contributed by atoms with E-state index in [1.807, 2.05) is 43.0 Å². The third-order valence-corrected chi connectivity index (χ3v) is 5.65. The number of para-hydroxylation sites is 2. The van der Waals surface area contributed by atoms with Crippen LogP contribution in [0.3, 0.4) is 0 Å². The number of halogens is 1. The Kier molecular flexibility index (Phi) is 5.93. The number of anilines is 1. The Morgan fingerprint density at radius 2 is 1.71 bits per heavy atom. The molecule has 1 amide bonds. The van der Waals surface area contributed by atoms with Crippen LogP contribution in [0.2, 0.25) is 0 Å². The molecule has 1 saturated heterocycles. The average molecular weight is 423 g/mol. The summed E-state index contributed by atoms with van der Waals surface area (Å²) >= 11 is 0. The molecule has 2 heterocycles. The summed E-state index contributed by atoms with van der Waals surface area (Å²) in [6, 6.07) is 14.1. The standard InChI is InChI=1S/C24H27FN4O2/c1-17(2)23-20(16-26-29(23)19-10-8-18(25)9-11-19)24(30)28-14-12-27(13-15-28)21-6-4-5-7-22(21)31-3/h4-11,16-17H,12-15H2,1-3H3. The zero-order chi connectivity index (χ0) is 22.0. The molecule has 0 atom stereocenters. The first-order valence-corrected chi connectivity index (χ1v) is 10.5. The van der Waals surface area contributed by atoms with Gasteiger partial charge in [-0.15, -0.1) is 0 Å². The molecule has 1 aliphatic heterocycles. The molecule has 162 valence electrons. The number of hydrogen-bond donors (Lipinski definition) is 0. The number of rotatable bonds is 5. The van der Waals surface area contributed by atoms with Crippen molar-refractivity contribution in [3.63, 3.8) is 0 Å². The molecule has 2 aromatic carbocycles. The van der Waals surface area contributed by atoms with Gasteiger partial charge in [-0.2, -0.15) is 5.10 Å². The van der Waals surface area contributed by atoms with Crippen molar-refractivity contribution in [3.05, 3.63) is 71.8 Å². The fraction of sp³-hybridized carbons (Fsp3) is 0.333. The molecule has 31 heavy (non-hydrogen) atoms. The lowest BCUT2D eigenvalue weighted by molar-refractivity contribution is 0.0745. The zero-order valence-electron chi connectivity index (χ0n) is 18.1. The predicted molar refractivity (Wildman–Crippen MR) is 119 cm³/mol. The van der Waals surface area contributed by atoms with Gasteiger partial charge in [-0.1, -0.05) is 26.0 Å². The van der Waals surface area contributed by atoms with Gasteiger partial charge in [-0.3, -0.25) is 4.79 Å². The topological polar surface area (TPSA) is 50.6 Å². The number of ether oxygens (including phenoxy) is 1. The Labute approximate surface area is 181 Å². The zero-order valence-corrected chi connectivity index (χ0v) is 18.1. The molecule has 0 aliphatic carbocycles. The van der Waals surface area contributed by atoms with Crippen LogP contribution >= 0.6 is 0 Å². The molecule has 0 N–H and O–H groups in total. The van der Waals surface area contributed by atoms with Crippen LogP contribution in [-0.4, -0.2) is 53.9 Å². The van der Waals surface area contributed by atoms with Crippen molar-refractivity contribution in [3.8, 4) is 11.4 Å². The van der Waals surface area contributed by atoms with Gasteiger partial charge in [0.05, 0.1) is 35.9 Å². The lowest BCUT2D eigenvalue weighted by Gasteiger charge is -2.36. The summed E-state index contributed by atoms with van der Waals surface area (Å²) < 4.78 is 20.6. The van der Waals surface area contributed by atoms with E-state index in [4.69, 9.17) is 4.74 Å². The van der Waals surface area contributed by atoms with E-state index in [1.54, 1.807) is 30.1 Å². The number of aromatic nitrogens is 2. The van der Waals surface area contributed by atoms with E-state index >= 15 is 0 Å². The first-order valence-electron chi connectivity index (χ1n) is 10.5. The molecule has 0 radical (unpaired) electrons. The Morgan fingerprint density at radius 1 is 1.03 bits per heavy atom. The smallest absolute Gasteiger partial charge is 0.257 e. The number of nitrogens with zero attached hydrogens (tertiary/aromatic N) is 4. The maximum Gasteiger partial charge on any atom is 0.257 e. The quantitative estimate of drug-likeness (QED) is 0.621. The average Bonchev–Trinajstić information content (AvgIpc) is 3.24. The number of benzene rings is 2. The van der Waals surface area contributed by atoms with Crippen molar-refractivity contribution in [1.29, 1.82) is 0 Å². The third-order valence-electron chi connectivity index (χ3n) is 5.65. The molecular weight excluding hydrogens is 395 g/mol. The highest BCUT2D eigenvalue weighted by molar-refractivity contribution is 5.95. The monoisotopic (exact) mass is 422 g/mol. The molecule has 6 nitrogen and oxygen atoms in total. The number of methoxy groups -OCH3 is 1. The first kappa shape index (κ1) is 20.9. The molecule has 0 spiro atoms. The molecule has 1 fully saturated rings. The normalized spacial score (nSPS) is 14.2. The lowest BCUT2D eigenvalue weighted by atomic mass is 10.0. The van der Waals surface area contributed by atoms with Crippen molar-refractivity contribution in [2.45, 2.75) is 19.8 Å². The van der Waals surface area contributed by atoms with E-state index < -0.39 is 0 Å². The van der Waals surface area contributed by atoms with Crippen LogP contribution in [0.15, 0.2) is 54.7 Å². The molecule has 7 heteroatoms. The van der Waals surface area contributed by atoms with Crippen LogP contribution in [0.5, 0.6) is 5.75 Å². The number of amides is 1. The summed E-state index contributed by atoms with van der Waals surface area (Å²) in [5, 5.41) is 4.46. The van der Waals surface area contributed by atoms with Crippen LogP contribution < -0.4 is 9.64 Å². The molecule has 0 unspecified atom stereocenters. The van der Waals surface area contributed by atoms with Crippen molar-refractivity contribution < 1.29 is 13.9 Å². The van der Waals surface area contributed by atoms with Crippen LogP contribution in [-0.2, 0) is 0 Å². The largest absolute Gasteiger partial charge is 0.495 e. The maximum atomic E-state index is 13.4. The number of carbonyl (C=O) groups is 1. The van der Waals surface area contributed by atoms with Gasteiger partial charge in [0.15, 0.2) is 0 Å². The van der Waals surface area contributed by atoms with Gasteiger partial charge in [0.1, 0.15) is 11.6 Å². The maximum absolute atomic E-state index is 13.4. The molecule has 0 saturated carbocycles. The summed E-state index contributed by atoms with van der Waals surface area (Å²) in [4.78, 5) is 17.5. The van der Waals surface area contributed by atoms with E-state index in [-0.39, 0.29) is 17.6 Å². The van der Waals surface area contributed by atoms with Crippen molar-refractivity contribution in [2.75, 3.05) is 38.2 Å². The van der Waals surface area contributed by atoms with Crippen molar-refractivity contribution in [1.82, 2.24) is 14.7 Å². The highest BCUT2D eigenvalue weighted by atomic mass is 19.1. The molecule has 1 aromatic heterocycles. The highest BCUT2D eigenvalue weighted by Crippen LogP contribution is 2.29. The van der Waals surface area contributed by atoms with Gasteiger partial charge in [-0.25, -0.2) is 9.07 Å². The SMILES string of the molecule is COc1ccccc1N1CCN(C(=O)c2cnn(-c3ccc(F)cc3)c2C(C)C)CC1. The van der Waals surface area contributed by atoms with Gasteiger partial charge in [0.2, 0.25) is 0 Å². The van der Waals surface area contributed by atoms with Crippen LogP contribution in [0.4, 0.5) is 10.1 Å². The second-order valence-electron chi connectivity index (χ2n) is 7.94. The van der Waals surface area contributed by atoms with E-state index in [0.29, 0.717) is 18.7 Å². The Morgan fingerprint density at radius 3 is 2.35 bits per heavy atom. The molecule has 3 aromatic rings. The number of piperazine rings is 1. The minimum absolute atomic E-state index is 0.0169. The summed E-state index contributed by atoms with van der Waals surface area (Å²) in [5.41, 5.74) is 3.23. The molecule has 0 bridgehead atoms. The Balaban J connectivity index is 1.53. The van der Waals surface area contributed by atoms with Gasteiger partial charge in [0.25, 0.3) is 5.91 Å². The lowest BCUT2D eigenvalue weighted by Crippen LogP contribution is -2.49. The van der Waals surface area contributed by atoms with Crippen LogP contribution in [0.1, 0.15) is 35.8 Å². The Hall–Kier alpha value is -3.35.